The van der Waals surface area contributed by atoms with Gasteiger partial charge in [-0.1, -0.05) is 41.4 Å². The van der Waals surface area contributed by atoms with E-state index in [4.69, 9.17) is 11.6 Å². The molecule has 2 aliphatic carbocycles. The number of hydrogen-bond acceptors (Lipinski definition) is 4. The second kappa shape index (κ2) is 7.24. The van der Waals surface area contributed by atoms with Crippen LogP contribution in [-0.4, -0.2) is 27.9 Å². The van der Waals surface area contributed by atoms with Crippen molar-refractivity contribution in [2.45, 2.75) is 20.3 Å². The number of imide groups is 1. The summed E-state index contributed by atoms with van der Waals surface area (Å²) < 4.78 is 0. The minimum absolute atomic E-state index is 0.120. The summed E-state index contributed by atoms with van der Waals surface area (Å²) in [5, 5.41) is 10.8. The summed E-state index contributed by atoms with van der Waals surface area (Å²) in [6.45, 7) is 3.86. The number of anilines is 1. The van der Waals surface area contributed by atoms with Crippen LogP contribution in [0.1, 0.15) is 29.3 Å². The summed E-state index contributed by atoms with van der Waals surface area (Å²) in [5.74, 6) is -1.48. The van der Waals surface area contributed by atoms with Gasteiger partial charge < -0.3 is 5.11 Å². The number of carboxylic acids is 1. The van der Waals surface area contributed by atoms with Crippen LogP contribution in [0.5, 0.6) is 0 Å². The number of allylic oxidation sites excluding steroid dienone is 2. The Balaban J connectivity index is 1.38. The van der Waals surface area contributed by atoms with Crippen LogP contribution in [0.2, 0.25) is 5.02 Å². The lowest BCUT2D eigenvalue weighted by atomic mass is 9.82. The third-order valence-corrected chi connectivity index (χ3v) is 8.11. The van der Waals surface area contributed by atoms with Gasteiger partial charge in [-0.05, 0) is 61.9 Å². The first-order chi connectivity index (χ1) is 16.3. The Hall–Kier alpha value is -3.51. The van der Waals surface area contributed by atoms with Crippen LogP contribution < -0.4 is 4.90 Å². The van der Waals surface area contributed by atoms with Gasteiger partial charge in [-0.15, -0.1) is 0 Å². The number of carboxylic acid groups (broad SMARTS) is 1. The molecule has 3 aromatic rings. The maximum absolute atomic E-state index is 13.2. The number of rotatable bonds is 3. The standard InChI is InChI=1S/C27H21ClN2O4/c1-12-9-15-10-18(12)23-22(15)25(31)30(26(23)32)16-5-3-14(4-6-16)21-11-19(27(33)34)17-7-8-20(28)13(2)24(17)29-21/h3-9,11,15,18,22-23H,10H2,1-2H3,(H,33,34). The lowest BCUT2D eigenvalue weighted by Gasteiger charge is -2.19. The zero-order valence-electron chi connectivity index (χ0n) is 18.6. The van der Waals surface area contributed by atoms with Crippen LogP contribution in [0.25, 0.3) is 22.2 Å². The number of benzene rings is 2. The molecule has 2 fully saturated rings. The predicted molar refractivity (Wildman–Crippen MR) is 129 cm³/mol. The predicted octanol–water partition coefficient (Wildman–Crippen LogP) is 5.26. The van der Waals surface area contributed by atoms with Gasteiger partial charge in [0.25, 0.3) is 0 Å². The fraction of sp³-hybridized carbons (Fsp3) is 0.259. The Kier molecular flexibility index (Phi) is 4.48. The molecular weight excluding hydrogens is 452 g/mol. The molecule has 1 saturated heterocycles. The van der Waals surface area contributed by atoms with Crippen LogP contribution in [0.15, 0.2) is 54.1 Å². The Morgan fingerprint density at radius 2 is 1.76 bits per heavy atom. The molecule has 4 atom stereocenters. The molecule has 2 amide bonds. The third-order valence-electron chi connectivity index (χ3n) is 7.70. The number of nitrogens with zero attached hydrogens (tertiary/aromatic N) is 2. The number of halogens is 1. The summed E-state index contributed by atoms with van der Waals surface area (Å²) >= 11 is 6.25. The molecule has 3 aliphatic rings. The maximum Gasteiger partial charge on any atom is 0.336 e. The summed E-state index contributed by atoms with van der Waals surface area (Å²) in [6.07, 6.45) is 3.05. The SMILES string of the molecule is CC1=CC2CC1C1C(=O)N(c3ccc(-c4cc(C(=O)O)c5ccc(Cl)c(C)c5n4)cc3)C(=O)C21. The second-order valence-corrected chi connectivity index (χ2v) is 9.86. The average Bonchev–Trinajstić information content (AvgIpc) is 3.46. The number of hydrogen-bond donors (Lipinski definition) is 1. The minimum Gasteiger partial charge on any atom is -0.478 e. The average molecular weight is 473 g/mol. The van der Waals surface area contributed by atoms with E-state index in [0.29, 0.717) is 38.4 Å². The first-order valence-electron chi connectivity index (χ1n) is 11.3. The molecule has 170 valence electrons. The molecule has 4 unspecified atom stereocenters. The van der Waals surface area contributed by atoms with Crippen molar-refractivity contribution in [2.24, 2.45) is 23.7 Å². The van der Waals surface area contributed by atoms with E-state index in [1.165, 1.54) is 16.5 Å². The fourth-order valence-corrected chi connectivity index (χ4v) is 6.19. The molecular formula is C27H21ClN2O4. The second-order valence-electron chi connectivity index (χ2n) is 9.46. The zero-order valence-corrected chi connectivity index (χ0v) is 19.3. The molecule has 34 heavy (non-hydrogen) atoms. The Morgan fingerprint density at radius 1 is 1.06 bits per heavy atom. The highest BCUT2D eigenvalue weighted by Crippen LogP contribution is 2.55. The van der Waals surface area contributed by atoms with Crippen LogP contribution >= 0.6 is 11.6 Å². The van der Waals surface area contributed by atoms with E-state index >= 15 is 0 Å². The van der Waals surface area contributed by atoms with Crippen molar-refractivity contribution in [2.75, 3.05) is 4.90 Å². The molecule has 0 radical (unpaired) electrons. The number of carbonyl (C=O) groups is 3. The third kappa shape index (κ3) is 2.81. The molecule has 1 aromatic heterocycles. The van der Waals surface area contributed by atoms with Crippen molar-refractivity contribution in [3.8, 4) is 11.3 Å². The van der Waals surface area contributed by atoms with Gasteiger partial charge >= 0.3 is 5.97 Å². The molecule has 1 saturated carbocycles. The maximum atomic E-state index is 13.2. The smallest absolute Gasteiger partial charge is 0.336 e. The molecule has 2 heterocycles. The van der Waals surface area contributed by atoms with Crippen molar-refractivity contribution in [1.29, 1.82) is 0 Å². The Morgan fingerprint density at radius 3 is 2.47 bits per heavy atom. The van der Waals surface area contributed by atoms with E-state index in [-0.39, 0.29) is 41.0 Å². The molecule has 0 spiro atoms. The van der Waals surface area contributed by atoms with E-state index in [1.807, 2.05) is 6.92 Å². The fourth-order valence-electron chi connectivity index (χ4n) is 6.04. The number of pyridine rings is 1. The summed E-state index contributed by atoms with van der Waals surface area (Å²) in [6, 6.07) is 11.9. The van der Waals surface area contributed by atoms with Crippen LogP contribution in [-0.2, 0) is 9.59 Å². The lowest BCUT2D eigenvalue weighted by molar-refractivity contribution is -0.123. The molecule has 2 bridgehead atoms. The number of aryl methyl sites for hydroxylation is 1. The molecule has 6 rings (SSSR count). The number of aromatic nitrogens is 1. The van der Waals surface area contributed by atoms with E-state index in [2.05, 4.69) is 11.1 Å². The van der Waals surface area contributed by atoms with E-state index in [0.717, 1.165) is 6.42 Å². The van der Waals surface area contributed by atoms with Crippen molar-refractivity contribution in [1.82, 2.24) is 4.98 Å². The molecule has 1 aliphatic heterocycles. The Labute approximate surface area is 200 Å². The lowest BCUT2D eigenvalue weighted by Crippen LogP contribution is -2.32. The van der Waals surface area contributed by atoms with Gasteiger partial charge in [-0.3, -0.25) is 14.5 Å². The molecule has 1 N–H and O–H groups in total. The highest BCUT2D eigenvalue weighted by Gasteiger charge is 2.60. The molecule has 2 aromatic carbocycles. The van der Waals surface area contributed by atoms with Crippen molar-refractivity contribution in [3.05, 3.63) is 70.3 Å². The van der Waals surface area contributed by atoms with Crippen LogP contribution in [0.3, 0.4) is 0 Å². The van der Waals surface area contributed by atoms with Gasteiger partial charge in [-0.2, -0.15) is 0 Å². The zero-order chi connectivity index (χ0) is 23.9. The van der Waals surface area contributed by atoms with Crippen LogP contribution in [0, 0.1) is 30.6 Å². The van der Waals surface area contributed by atoms with Gasteiger partial charge in [0.2, 0.25) is 11.8 Å². The highest BCUT2D eigenvalue weighted by atomic mass is 35.5. The minimum atomic E-state index is -1.05. The van der Waals surface area contributed by atoms with Crippen molar-refractivity contribution < 1.29 is 19.5 Å². The van der Waals surface area contributed by atoms with Crippen molar-refractivity contribution >= 4 is 46.0 Å². The largest absolute Gasteiger partial charge is 0.478 e. The van der Waals surface area contributed by atoms with Gasteiger partial charge in [0.05, 0.1) is 34.3 Å². The normalized spacial score (nSPS) is 25.3. The molecule has 6 nitrogen and oxygen atoms in total. The highest BCUT2D eigenvalue weighted by molar-refractivity contribution is 6.32. The topological polar surface area (TPSA) is 87.6 Å². The number of carbonyl (C=O) groups excluding carboxylic acids is 2. The quantitative estimate of drug-likeness (QED) is 0.415. The van der Waals surface area contributed by atoms with Crippen molar-refractivity contribution in [3.63, 3.8) is 0 Å². The van der Waals surface area contributed by atoms with Gasteiger partial charge in [0.15, 0.2) is 0 Å². The van der Waals surface area contributed by atoms with Gasteiger partial charge in [-0.25, -0.2) is 9.78 Å². The molecule has 7 heteroatoms. The van der Waals surface area contributed by atoms with E-state index in [9.17, 15) is 19.5 Å². The van der Waals surface area contributed by atoms with Gasteiger partial charge in [0, 0.05) is 16.0 Å². The first kappa shape index (κ1) is 21.1. The number of amides is 2. The Bertz CT molecular complexity index is 1460. The van der Waals surface area contributed by atoms with E-state index < -0.39 is 5.97 Å². The first-order valence-corrected chi connectivity index (χ1v) is 11.6. The number of fused-ring (bicyclic) bond motifs is 6. The monoisotopic (exact) mass is 472 g/mol. The van der Waals surface area contributed by atoms with Gasteiger partial charge in [0.1, 0.15) is 0 Å². The van der Waals surface area contributed by atoms with E-state index in [1.54, 1.807) is 43.3 Å². The van der Waals surface area contributed by atoms with Crippen LogP contribution in [0.4, 0.5) is 5.69 Å². The summed E-state index contributed by atoms with van der Waals surface area (Å²) in [7, 11) is 0. The summed E-state index contributed by atoms with van der Waals surface area (Å²) in [4.78, 5) is 44.3. The summed E-state index contributed by atoms with van der Waals surface area (Å²) in [5.41, 5.74) is 4.29. The number of aromatic carboxylic acids is 1.